The van der Waals surface area contributed by atoms with Gasteiger partial charge in [-0.3, -0.25) is 4.79 Å². The van der Waals surface area contributed by atoms with E-state index < -0.39 is 0 Å². The lowest BCUT2D eigenvalue weighted by atomic mass is 10.1. The van der Waals surface area contributed by atoms with Gasteiger partial charge < -0.3 is 14.6 Å². The van der Waals surface area contributed by atoms with E-state index in [2.05, 4.69) is 0 Å². The lowest BCUT2D eigenvalue weighted by Gasteiger charge is -2.07. The van der Waals surface area contributed by atoms with E-state index in [1.165, 1.54) is 0 Å². The van der Waals surface area contributed by atoms with Gasteiger partial charge in [0.25, 0.3) is 0 Å². The van der Waals surface area contributed by atoms with Gasteiger partial charge in [-0.2, -0.15) is 0 Å². The van der Waals surface area contributed by atoms with Crippen LogP contribution in [0.15, 0.2) is 48.5 Å². The summed E-state index contributed by atoms with van der Waals surface area (Å²) in [5.41, 5.74) is 1.39. The molecule has 0 bridgehead atoms. The molecule has 0 heterocycles. The molecule has 0 spiro atoms. The Hall–Kier alpha value is -2.33. The van der Waals surface area contributed by atoms with E-state index in [4.69, 9.17) is 14.6 Å². The Balaban J connectivity index is 1.91. The summed E-state index contributed by atoms with van der Waals surface area (Å²) in [6, 6.07) is 14.0. The number of hydrogen-bond acceptors (Lipinski definition) is 4. The fourth-order valence-electron chi connectivity index (χ4n) is 1.83. The van der Waals surface area contributed by atoms with Gasteiger partial charge in [0.05, 0.1) is 13.2 Å². The number of aliphatic hydroxyl groups excluding tert-OH is 1. The summed E-state index contributed by atoms with van der Waals surface area (Å²) < 4.78 is 10.8. The quantitative estimate of drug-likeness (QED) is 0.795. The summed E-state index contributed by atoms with van der Waals surface area (Å²) in [5, 5.41) is 8.95. The molecule has 4 nitrogen and oxygen atoms in total. The second-order valence-corrected chi connectivity index (χ2v) is 4.47. The second-order valence-electron chi connectivity index (χ2n) is 4.47. The molecule has 2 aromatic rings. The molecule has 0 fully saturated rings. The van der Waals surface area contributed by atoms with Gasteiger partial charge in [0.1, 0.15) is 11.5 Å². The van der Waals surface area contributed by atoms with Crippen LogP contribution >= 0.6 is 0 Å². The Kier molecular flexibility index (Phi) is 5.35. The Labute approximate surface area is 123 Å². The summed E-state index contributed by atoms with van der Waals surface area (Å²) in [7, 11) is 0. The van der Waals surface area contributed by atoms with Crippen LogP contribution in [0.5, 0.6) is 11.5 Å². The zero-order chi connectivity index (χ0) is 15.1. The maximum atomic E-state index is 12.0. The number of ketones is 1. The summed E-state index contributed by atoms with van der Waals surface area (Å²) in [6.07, 6.45) is 0. The molecule has 0 aliphatic carbocycles. The lowest BCUT2D eigenvalue weighted by Crippen LogP contribution is -2.11. The molecule has 1 N–H and O–H groups in total. The number of ether oxygens (including phenoxy) is 2. The Morgan fingerprint density at radius 2 is 1.52 bits per heavy atom. The third-order valence-corrected chi connectivity index (χ3v) is 2.96. The molecule has 0 aromatic heterocycles. The molecule has 21 heavy (non-hydrogen) atoms. The maximum absolute atomic E-state index is 12.0. The minimum atomic E-state index is -0.0933. The zero-order valence-corrected chi connectivity index (χ0v) is 11.9. The van der Waals surface area contributed by atoms with E-state index in [9.17, 15) is 4.79 Å². The van der Waals surface area contributed by atoms with Gasteiger partial charge in [-0.05, 0) is 48.9 Å². The standard InChI is InChI=1S/C17H18O4/c1-2-20-15-9-5-14(6-10-15)17(19)12-21-16-7-3-13(11-18)4-8-16/h3-10,18H,2,11-12H2,1H3. The Morgan fingerprint density at radius 1 is 0.952 bits per heavy atom. The molecule has 2 aromatic carbocycles. The average molecular weight is 286 g/mol. The topological polar surface area (TPSA) is 55.8 Å². The molecule has 0 atom stereocenters. The van der Waals surface area contributed by atoms with E-state index in [0.717, 1.165) is 11.3 Å². The van der Waals surface area contributed by atoms with E-state index in [-0.39, 0.29) is 19.0 Å². The molecule has 4 heteroatoms. The van der Waals surface area contributed by atoms with Gasteiger partial charge in [0, 0.05) is 5.56 Å². The van der Waals surface area contributed by atoms with Crippen LogP contribution in [-0.2, 0) is 6.61 Å². The molecule has 0 saturated heterocycles. The van der Waals surface area contributed by atoms with Crippen LogP contribution in [0, 0.1) is 0 Å². The zero-order valence-electron chi connectivity index (χ0n) is 11.9. The molecule has 110 valence electrons. The van der Waals surface area contributed by atoms with Crippen LogP contribution in [0.4, 0.5) is 0 Å². The second kappa shape index (κ2) is 7.45. The van der Waals surface area contributed by atoms with Crippen molar-refractivity contribution in [2.45, 2.75) is 13.5 Å². The van der Waals surface area contributed by atoms with Crippen LogP contribution in [0.1, 0.15) is 22.8 Å². The number of rotatable bonds is 7. The summed E-state index contributed by atoms with van der Waals surface area (Å²) >= 11 is 0. The highest BCUT2D eigenvalue weighted by Gasteiger charge is 2.07. The summed E-state index contributed by atoms with van der Waals surface area (Å²) in [5.74, 6) is 1.25. The van der Waals surface area contributed by atoms with Gasteiger partial charge >= 0.3 is 0 Å². The third-order valence-electron chi connectivity index (χ3n) is 2.96. The maximum Gasteiger partial charge on any atom is 0.200 e. The number of hydrogen-bond donors (Lipinski definition) is 1. The normalized spacial score (nSPS) is 10.2. The van der Waals surface area contributed by atoms with Crippen molar-refractivity contribution in [3.63, 3.8) is 0 Å². The highest BCUT2D eigenvalue weighted by Crippen LogP contribution is 2.15. The minimum Gasteiger partial charge on any atom is -0.494 e. The van der Waals surface area contributed by atoms with Crippen molar-refractivity contribution >= 4 is 5.78 Å². The first-order valence-electron chi connectivity index (χ1n) is 6.81. The summed E-state index contributed by atoms with van der Waals surface area (Å²) in [6.45, 7) is 2.48. The molecule has 0 aliphatic rings. The van der Waals surface area contributed by atoms with E-state index in [1.807, 2.05) is 6.92 Å². The SMILES string of the molecule is CCOc1ccc(C(=O)COc2ccc(CO)cc2)cc1. The van der Waals surface area contributed by atoms with Gasteiger partial charge in [-0.1, -0.05) is 12.1 Å². The predicted molar refractivity (Wildman–Crippen MR) is 79.8 cm³/mol. The van der Waals surface area contributed by atoms with Gasteiger partial charge in [-0.25, -0.2) is 0 Å². The molecular weight excluding hydrogens is 268 g/mol. The van der Waals surface area contributed by atoms with Crippen molar-refractivity contribution in [2.24, 2.45) is 0 Å². The number of aliphatic hydroxyl groups is 1. The Bertz CT molecular complexity index is 573. The highest BCUT2D eigenvalue weighted by atomic mass is 16.5. The molecule has 0 unspecified atom stereocenters. The van der Waals surface area contributed by atoms with Crippen molar-refractivity contribution in [1.82, 2.24) is 0 Å². The van der Waals surface area contributed by atoms with Crippen molar-refractivity contribution in [3.8, 4) is 11.5 Å². The first kappa shape index (κ1) is 15.1. The molecule has 0 radical (unpaired) electrons. The average Bonchev–Trinajstić information content (AvgIpc) is 2.54. The molecule has 0 aliphatic heterocycles. The summed E-state index contributed by atoms with van der Waals surface area (Å²) in [4.78, 5) is 12.0. The van der Waals surface area contributed by atoms with Crippen LogP contribution in [0.3, 0.4) is 0 Å². The monoisotopic (exact) mass is 286 g/mol. The first-order chi connectivity index (χ1) is 10.2. The molecule has 0 amide bonds. The predicted octanol–water partition coefficient (Wildman–Crippen LogP) is 2.84. The van der Waals surface area contributed by atoms with Crippen LogP contribution in [0.2, 0.25) is 0 Å². The largest absolute Gasteiger partial charge is 0.494 e. The third kappa shape index (κ3) is 4.33. The van der Waals surface area contributed by atoms with E-state index >= 15 is 0 Å². The fourth-order valence-corrected chi connectivity index (χ4v) is 1.83. The fraction of sp³-hybridized carbons (Fsp3) is 0.235. The van der Waals surface area contributed by atoms with Crippen LogP contribution < -0.4 is 9.47 Å². The Morgan fingerprint density at radius 3 is 2.10 bits per heavy atom. The number of benzene rings is 2. The molecular formula is C17H18O4. The van der Waals surface area contributed by atoms with Crippen LogP contribution in [-0.4, -0.2) is 24.1 Å². The number of carbonyl (C=O) groups excluding carboxylic acids is 1. The molecule has 2 rings (SSSR count). The van der Waals surface area contributed by atoms with Gasteiger partial charge in [-0.15, -0.1) is 0 Å². The lowest BCUT2D eigenvalue weighted by molar-refractivity contribution is 0.0921. The van der Waals surface area contributed by atoms with E-state index in [0.29, 0.717) is 17.9 Å². The number of carbonyl (C=O) groups is 1. The first-order valence-corrected chi connectivity index (χ1v) is 6.81. The van der Waals surface area contributed by atoms with Gasteiger partial charge in [0.2, 0.25) is 0 Å². The highest BCUT2D eigenvalue weighted by molar-refractivity contribution is 5.97. The van der Waals surface area contributed by atoms with Crippen molar-refractivity contribution in [2.75, 3.05) is 13.2 Å². The van der Waals surface area contributed by atoms with Gasteiger partial charge in [0.15, 0.2) is 12.4 Å². The van der Waals surface area contributed by atoms with Crippen molar-refractivity contribution in [1.29, 1.82) is 0 Å². The van der Waals surface area contributed by atoms with Crippen LogP contribution in [0.25, 0.3) is 0 Å². The van der Waals surface area contributed by atoms with Crippen molar-refractivity contribution in [3.05, 3.63) is 59.7 Å². The van der Waals surface area contributed by atoms with Crippen molar-refractivity contribution < 1.29 is 19.4 Å². The molecule has 0 saturated carbocycles. The number of Topliss-reactive ketones (excluding diaryl/α,β-unsaturated/α-hetero) is 1. The smallest absolute Gasteiger partial charge is 0.200 e. The minimum absolute atomic E-state index is 0.00854. The van der Waals surface area contributed by atoms with E-state index in [1.54, 1.807) is 48.5 Å².